The van der Waals surface area contributed by atoms with Gasteiger partial charge in [0.1, 0.15) is 6.29 Å². The maximum atomic E-state index is 6.44. The number of benzene rings is 1. The number of allylic oxidation sites excluding steroid dienone is 2. The number of piperazine rings is 1. The molecule has 4 atom stereocenters. The predicted octanol–water partition coefficient (Wildman–Crippen LogP) is -0.0891. The van der Waals surface area contributed by atoms with Gasteiger partial charge in [0.05, 0.1) is 23.2 Å². The number of nitrogens with one attached hydrogen (secondary N) is 5. The molecule has 1 aromatic carbocycles. The fraction of sp³-hybridized carbons (Fsp3) is 0.524. The molecule has 0 aromatic heterocycles. The fourth-order valence-electron chi connectivity index (χ4n) is 4.47. The van der Waals surface area contributed by atoms with Gasteiger partial charge in [-0.3, -0.25) is 15.6 Å². The summed E-state index contributed by atoms with van der Waals surface area (Å²) in [6.45, 7) is 8.51. The summed E-state index contributed by atoms with van der Waals surface area (Å²) in [4.78, 5) is 4.82. The summed E-state index contributed by atoms with van der Waals surface area (Å²) in [6.07, 6.45) is 4.23. The summed E-state index contributed by atoms with van der Waals surface area (Å²) in [6, 6.07) is 8.51. The first-order valence-electron chi connectivity index (χ1n) is 10.8. The molecule has 0 radical (unpaired) electrons. The smallest absolute Gasteiger partial charge is 0.147 e. The van der Waals surface area contributed by atoms with Crippen LogP contribution in [0.25, 0.3) is 0 Å². The summed E-state index contributed by atoms with van der Waals surface area (Å²) in [5.74, 6) is 5.96. The van der Waals surface area contributed by atoms with Gasteiger partial charge in [-0.25, -0.2) is 5.43 Å². The second-order valence-electron chi connectivity index (χ2n) is 8.28. The molecule has 0 spiro atoms. The van der Waals surface area contributed by atoms with Gasteiger partial charge in [-0.1, -0.05) is 18.2 Å². The lowest BCUT2D eigenvalue weighted by Crippen LogP contribution is -2.70. The number of dihydropyridines is 1. The second-order valence-corrected chi connectivity index (χ2v) is 8.28. The Hall–Kier alpha value is -2.30. The van der Waals surface area contributed by atoms with Crippen LogP contribution in [0.5, 0.6) is 0 Å². The number of hydrogen-bond donors (Lipinski definition) is 7. The first kappa shape index (κ1) is 21.0. The molecular weight excluding hydrogens is 378 g/mol. The number of anilines is 2. The van der Waals surface area contributed by atoms with E-state index in [0.29, 0.717) is 0 Å². The normalized spacial score (nSPS) is 26.8. The van der Waals surface area contributed by atoms with Crippen molar-refractivity contribution in [2.75, 3.05) is 43.4 Å². The van der Waals surface area contributed by atoms with Crippen LogP contribution in [0.4, 0.5) is 11.4 Å². The van der Waals surface area contributed by atoms with Crippen molar-refractivity contribution in [3.8, 4) is 0 Å². The van der Waals surface area contributed by atoms with Gasteiger partial charge in [0.15, 0.2) is 0 Å². The van der Waals surface area contributed by atoms with E-state index in [0.717, 1.165) is 55.5 Å². The molecule has 9 nitrogen and oxygen atoms in total. The summed E-state index contributed by atoms with van der Waals surface area (Å²) >= 11 is 0. The zero-order valence-corrected chi connectivity index (χ0v) is 17.9. The van der Waals surface area contributed by atoms with Crippen molar-refractivity contribution in [2.24, 2.45) is 11.6 Å². The third kappa shape index (κ3) is 4.40. The number of fused-ring (bicyclic) bond motifs is 1. The molecule has 1 aromatic rings. The molecule has 1 saturated heterocycles. The highest BCUT2D eigenvalue weighted by atomic mass is 15.5. The van der Waals surface area contributed by atoms with E-state index < -0.39 is 0 Å². The SMILES string of the molecule is CC1=C(NC(NN)N2CCN(C3CNc4ccccc4N3)CC2C(C)N)C=CCN1. The molecule has 0 aliphatic carbocycles. The van der Waals surface area contributed by atoms with Crippen LogP contribution in [0.2, 0.25) is 0 Å². The number of hydrazine groups is 1. The molecule has 3 aliphatic rings. The Morgan fingerprint density at radius 3 is 2.70 bits per heavy atom. The minimum absolute atomic E-state index is 0.00406. The number of para-hydroxylation sites is 2. The van der Waals surface area contributed by atoms with Crippen molar-refractivity contribution in [3.05, 3.63) is 47.8 Å². The first-order valence-corrected chi connectivity index (χ1v) is 10.8. The van der Waals surface area contributed by atoms with E-state index >= 15 is 0 Å². The van der Waals surface area contributed by atoms with E-state index in [4.69, 9.17) is 11.6 Å². The molecule has 0 saturated carbocycles. The van der Waals surface area contributed by atoms with E-state index in [1.165, 1.54) is 0 Å². The predicted molar refractivity (Wildman–Crippen MR) is 122 cm³/mol. The van der Waals surface area contributed by atoms with E-state index in [2.05, 4.69) is 86.8 Å². The molecule has 1 fully saturated rings. The van der Waals surface area contributed by atoms with Gasteiger partial charge in [-0.05, 0) is 32.1 Å². The Bertz CT molecular complexity index is 790. The average molecular weight is 414 g/mol. The molecule has 9 N–H and O–H groups in total. The first-order chi connectivity index (χ1) is 14.6. The van der Waals surface area contributed by atoms with Crippen LogP contribution >= 0.6 is 0 Å². The highest BCUT2D eigenvalue weighted by molar-refractivity contribution is 5.70. The lowest BCUT2D eigenvalue weighted by atomic mass is 10.0. The van der Waals surface area contributed by atoms with Crippen LogP contribution in [0, 0.1) is 0 Å². The monoisotopic (exact) mass is 413 g/mol. The lowest BCUT2D eigenvalue weighted by Gasteiger charge is -2.49. The zero-order chi connectivity index (χ0) is 21.1. The highest BCUT2D eigenvalue weighted by Gasteiger charge is 2.37. The Kier molecular flexibility index (Phi) is 6.45. The van der Waals surface area contributed by atoms with E-state index in [-0.39, 0.29) is 24.5 Å². The number of hydrogen-bond acceptors (Lipinski definition) is 9. The topological polar surface area (TPSA) is 119 Å². The van der Waals surface area contributed by atoms with Gasteiger partial charge in [-0.2, -0.15) is 0 Å². The van der Waals surface area contributed by atoms with Gasteiger partial charge in [0.25, 0.3) is 0 Å². The standard InChI is InChI=1S/C21H35N9/c1-14(22)19-13-29(20-12-25-17-6-3-4-7-18(17)26-20)10-11-30(19)21(28-23)27-16-8-5-9-24-15(16)2/h3-8,14,19-21,24-28H,9-13,22-23H2,1-2H3. The van der Waals surface area contributed by atoms with Gasteiger partial charge < -0.3 is 27.0 Å². The molecule has 4 rings (SSSR count). The number of nitrogens with two attached hydrogens (primary N) is 2. The van der Waals surface area contributed by atoms with Crippen LogP contribution in [0.1, 0.15) is 13.8 Å². The third-order valence-corrected chi connectivity index (χ3v) is 6.23. The van der Waals surface area contributed by atoms with Gasteiger partial charge in [-0.15, -0.1) is 0 Å². The largest absolute Gasteiger partial charge is 0.383 e. The molecule has 30 heavy (non-hydrogen) atoms. The average Bonchev–Trinajstić information content (AvgIpc) is 2.78. The molecule has 164 valence electrons. The molecular formula is C21H35N9. The van der Waals surface area contributed by atoms with Crippen LogP contribution in [-0.2, 0) is 0 Å². The van der Waals surface area contributed by atoms with E-state index in [1.54, 1.807) is 0 Å². The molecule has 0 bridgehead atoms. The molecule has 3 aliphatic heterocycles. The van der Waals surface area contributed by atoms with E-state index in [1.807, 2.05) is 0 Å². The van der Waals surface area contributed by atoms with Gasteiger partial charge in [0.2, 0.25) is 0 Å². The minimum Gasteiger partial charge on any atom is -0.383 e. The maximum Gasteiger partial charge on any atom is 0.147 e. The summed E-state index contributed by atoms with van der Waals surface area (Å²) in [5.41, 5.74) is 13.9. The Morgan fingerprint density at radius 2 is 1.97 bits per heavy atom. The van der Waals surface area contributed by atoms with Crippen molar-refractivity contribution in [1.82, 2.24) is 25.9 Å². The maximum absolute atomic E-state index is 6.44. The Morgan fingerprint density at radius 1 is 1.17 bits per heavy atom. The number of nitrogens with zero attached hydrogens (tertiary/aromatic N) is 2. The van der Waals surface area contributed by atoms with Crippen LogP contribution in [0.3, 0.4) is 0 Å². The molecule has 3 heterocycles. The quantitative estimate of drug-likeness (QED) is 0.195. The van der Waals surface area contributed by atoms with Crippen LogP contribution in [0.15, 0.2) is 47.8 Å². The summed E-state index contributed by atoms with van der Waals surface area (Å²) in [7, 11) is 0. The van der Waals surface area contributed by atoms with Crippen LogP contribution < -0.4 is 38.3 Å². The number of rotatable bonds is 6. The van der Waals surface area contributed by atoms with Crippen molar-refractivity contribution in [1.29, 1.82) is 0 Å². The highest BCUT2D eigenvalue weighted by Crippen LogP contribution is 2.27. The minimum atomic E-state index is -0.198. The Balaban J connectivity index is 1.45. The molecule has 4 unspecified atom stereocenters. The van der Waals surface area contributed by atoms with Crippen molar-refractivity contribution < 1.29 is 0 Å². The van der Waals surface area contributed by atoms with E-state index in [9.17, 15) is 0 Å². The van der Waals surface area contributed by atoms with Gasteiger partial charge >= 0.3 is 0 Å². The van der Waals surface area contributed by atoms with Crippen molar-refractivity contribution in [3.63, 3.8) is 0 Å². The summed E-state index contributed by atoms with van der Waals surface area (Å²) in [5, 5.41) is 14.1. The van der Waals surface area contributed by atoms with Crippen molar-refractivity contribution in [2.45, 2.75) is 38.4 Å². The zero-order valence-electron chi connectivity index (χ0n) is 17.9. The summed E-state index contributed by atoms with van der Waals surface area (Å²) < 4.78 is 0. The fourth-order valence-corrected chi connectivity index (χ4v) is 4.47. The Labute approximate surface area is 178 Å². The molecule has 9 heteroatoms. The second kappa shape index (κ2) is 9.23. The third-order valence-electron chi connectivity index (χ3n) is 6.23. The van der Waals surface area contributed by atoms with Crippen molar-refractivity contribution >= 4 is 11.4 Å². The molecule has 0 amide bonds. The van der Waals surface area contributed by atoms with Gasteiger partial charge in [0, 0.05) is 50.5 Å². The lowest BCUT2D eigenvalue weighted by molar-refractivity contribution is 0.000135. The van der Waals surface area contributed by atoms with Crippen LogP contribution in [-0.4, -0.2) is 67.1 Å².